The third-order valence-electron chi connectivity index (χ3n) is 5.04. The van der Waals surface area contributed by atoms with Gasteiger partial charge in [0.15, 0.2) is 17.6 Å². The van der Waals surface area contributed by atoms with Gasteiger partial charge in [0.05, 0.1) is 12.1 Å². The van der Waals surface area contributed by atoms with E-state index in [1.165, 1.54) is 6.07 Å². The number of guanidine groups is 1. The Morgan fingerprint density at radius 3 is 2.80 bits per heavy atom. The number of hydrogen-bond acceptors (Lipinski definition) is 4. The topological polar surface area (TPSA) is 65.4 Å². The lowest BCUT2D eigenvalue weighted by molar-refractivity contribution is 0.612. The van der Waals surface area contributed by atoms with E-state index < -0.39 is 0 Å². The number of pyridine rings is 2. The normalized spacial score (nSPS) is 16.4. The van der Waals surface area contributed by atoms with Crippen LogP contribution in [0.25, 0.3) is 10.9 Å². The van der Waals surface area contributed by atoms with Crippen molar-refractivity contribution >= 4 is 46.7 Å². The lowest BCUT2D eigenvalue weighted by atomic mass is 10.1. The molecule has 0 saturated carbocycles. The van der Waals surface area contributed by atoms with Crippen molar-refractivity contribution < 1.29 is 4.39 Å². The third-order valence-corrected chi connectivity index (χ3v) is 5.04. The molecule has 1 unspecified atom stereocenters. The number of halogens is 2. The SMILES string of the molecule is CCNC(=NCc1cccc2cccnc12)NC1CCN(c2ncccc2F)C1.I. The minimum atomic E-state index is -0.280. The van der Waals surface area contributed by atoms with Crippen molar-refractivity contribution in [3.05, 3.63) is 66.2 Å². The van der Waals surface area contributed by atoms with Gasteiger partial charge in [0.2, 0.25) is 0 Å². The van der Waals surface area contributed by atoms with E-state index in [1.54, 1.807) is 12.3 Å². The molecule has 2 aromatic heterocycles. The monoisotopic (exact) mass is 520 g/mol. The quantitative estimate of drug-likeness (QED) is 0.305. The van der Waals surface area contributed by atoms with Gasteiger partial charge in [0.25, 0.3) is 0 Å². The van der Waals surface area contributed by atoms with Gasteiger partial charge in [0, 0.05) is 43.5 Å². The molecule has 2 N–H and O–H groups in total. The number of aliphatic imine (C=N–C) groups is 1. The summed E-state index contributed by atoms with van der Waals surface area (Å²) in [6.07, 6.45) is 4.34. The number of anilines is 1. The fourth-order valence-electron chi connectivity index (χ4n) is 3.65. The summed E-state index contributed by atoms with van der Waals surface area (Å²) in [5.74, 6) is 0.895. The van der Waals surface area contributed by atoms with Crippen molar-refractivity contribution in [2.75, 3.05) is 24.5 Å². The van der Waals surface area contributed by atoms with E-state index >= 15 is 0 Å². The Morgan fingerprint density at radius 2 is 1.97 bits per heavy atom. The maximum Gasteiger partial charge on any atom is 0.191 e. The Hall–Kier alpha value is -2.49. The summed E-state index contributed by atoms with van der Waals surface area (Å²) in [4.78, 5) is 15.4. The molecule has 1 aromatic carbocycles. The molecule has 0 spiro atoms. The van der Waals surface area contributed by atoms with Crippen LogP contribution >= 0.6 is 24.0 Å². The number of rotatable bonds is 5. The van der Waals surface area contributed by atoms with E-state index in [0.717, 1.165) is 41.9 Å². The molecule has 0 amide bonds. The van der Waals surface area contributed by atoms with E-state index in [1.807, 2.05) is 30.2 Å². The summed E-state index contributed by atoms with van der Waals surface area (Å²) >= 11 is 0. The molecule has 30 heavy (non-hydrogen) atoms. The fraction of sp³-hybridized carbons (Fsp3) is 0.318. The van der Waals surface area contributed by atoms with Crippen LogP contribution in [0.15, 0.2) is 59.9 Å². The second-order valence-electron chi connectivity index (χ2n) is 7.07. The lowest BCUT2D eigenvalue weighted by Crippen LogP contribution is -2.44. The Labute approximate surface area is 193 Å². The minimum Gasteiger partial charge on any atom is -0.357 e. The predicted octanol–water partition coefficient (Wildman–Crippen LogP) is 3.72. The fourth-order valence-corrected chi connectivity index (χ4v) is 3.65. The first kappa shape index (κ1) is 22.2. The van der Waals surface area contributed by atoms with Crippen LogP contribution in [0.4, 0.5) is 10.2 Å². The average molecular weight is 520 g/mol. The van der Waals surface area contributed by atoms with Crippen molar-refractivity contribution in [1.29, 1.82) is 0 Å². The second kappa shape index (κ2) is 10.5. The molecular weight excluding hydrogens is 494 g/mol. The summed E-state index contributed by atoms with van der Waals surface area (Å²) in [5.41, 5.74) is 2.07. The standard InChI is InChI=1S/C22H25FN6.HI/c1-2-24-22(27-14-17-7-3-6-16-8-4-11-25-20(16)17)28-18-10-13-29(15-18)21-19(23)9-5-12-26-21;/h3-9,11-12,18H,2,10,13-15H2,1H3,(H2,24,27,28);1H. The molecule has 1 atom stereocenters. The zero-order valence-corrected chi connectivity index (χ0v) is 19.2. The minimum absolute atomic E-state index is 0. The first-order valence-corrected chi connectivity index (χ1v) is 9.97. The van der Waals surface area contributed by atoms with Gasteiger partial charge < -0.3 is 15.5 Å². The molecule has 158 valence electrons. The van der Waals surface area contributed by atoms with Gasteiger partial charge in [-0.25, -0.2) is 14.4 Å². The number of nitrogens with zero attached hydrogens (tertiary/aromatic N) is 4. The zero-order valence-electron chi connectivity index (χ0n) is 16.9. The summed E-state index contributed by atoms with van der Waals surface area (Å²) in [5, 5.41) is 7.90. The van der Waals surface area contributed by atoms with Crippen LogP contribution < -0.4 is 15.5 Å². The van der Waals surface area contributed by atoms with Crippen LogP contribution in [0.2, 0.25) is 0 Å². The molecule has 3 heterocycles. The first-order chi connectivity index (χ1) is 14.2. The number of benzene rings is 1. The maximum atomic E-state index is 14.0. The van der Waals surface area contributed by atoms with Crippen LogP contribution in [-0.2, 0) is 6.54 Å². The summed E-state index contributed by atoms with van der Waals surface area (Å²) < 4.78 is 14.0. The Balaban J connectivity index is 0.00000256. The van der Waals surface area contributed by atoms with Crippen molar-refractivity contribution in [3.63, 3.8) is 0 Å². The van der Waals surface area contributed by atoms with E-state index in [4.69, 9.17) is 4.99 Å². The number of nitrogens with one attached hydrogen (secondary N) is 2. The van der Waals surface area contributed by atoms with Crippen LogP contribution in [0.3, 0.4) is 0 Å². The van der Waals surface area contributed by atoms with Crippen LogP contribution in [0.1, 0.15) is 18.9 Å². The van der Waals surface area contributed by atoms with Gasteiger partial charge >= 0.3 is 0 Å². The van der Waals surface area contributed by atoms with E-state index in [2.05, 4.69) is 38.8 Å². The second-order valence-corrected chi connectivity index (χ2v) is 7.07. The van der Waals surface area contributed by atoms with Crippen molar-refractivity contribution in [2.45, 2.75) is 25.9 Å². The van der Waals surface area contributed by atoms with E-state index in [-0.39, 0.29) is 35.8 Å². The molecule has 0 bridgehead atoms. The van der Waals surface area contributed by atoms with E-state index in [0.29, 0.717) is 18.9 Å². The van der Waals surface area contributed by atoms with Crippen LogP contribution in [0.5, 0.6) is 0 Å². The van der Waals surface area contributed by atoms with Crippen molar-refractivity contribution in [1.82, 2.24) is 20.6 Å². The van der Waals surface area contributed by atoms with Gasteiger partial charge in [-0.15, -0.1) is 24.0 Å². The lowest BCUT2D eigenvalue weighted by Gasteiger charge is -2.20. The molecule has 1 fully saturated rings. The number of para-hydroxylation sites is 1. The average Bonchev–Trinajstić information content (AvgIpc) is 3.20. The predicted molar refractivity (Wildman–Crippen MR) is 130 cm³/mol. The highest BCUT2D eigenvalue weighted by molar-refractivity contribution is 14.0. The summed E-state index contributed by atoms with van der Waals surface area (Å²) in [7, 11) is 0. The maximum absolute atomic E-state index is 14.0. The van der Waals surface area contributed by atoms with Gasteiger partial charge in [0.1, 0.15) is 0 Å². The van der Waals surface area contributed by atoms with Gasteiger partial charge in [-0.3, -0.25) is 4.98 Å². The molecular formula is C22H26FIN6. The third kappa shape index (κ3) is 5.16. The Morgan fingerprint density at radius 1 is 1.17 bits per heavy atom. The molecule has 4 rings (SSSR count). The summed E-state index contributed by atoms with van der Waals surface area (Å²) in [6, 6.07) is 13.4. The molecule has 1 aliphatic heterocycles. The first-order valence-electron chi connectivity index (χ1n) is 9.97. The van der Waals surface area contributed by atoms with Gasteiger partial charge in [-0.1, -0.05) is 24.3 Å². The molecule has 0 aliphatic carbocycles. The highest BCUT2D eigenvalue weighted by Gasteiger charge is 2.25. The van der Waals surface area contributed by atoms with Crippen molar-refractivity contribution in [2.24, 2.45) is 4.99 Å². The zero-order chi connectivity index (χ0) is 20.1. The van der Waals surface area contributed by atoms with Gasteiger partial charge in [-0.2, -0.15) is 0 Å². The van der Waals surface area contributed by atoms with Crippen LogP contribution in [0, 0.1) is 5.82 Å². The highest BCUT2D eigenvalue weighted by atomic mass is 127. The molecule has 6 nitrogen and oxygen atoms in total. The Bertz CT molecular complexity index is 1010. The van der Waals surface area contributed by atoms with Gasteiger partial charge in [-0.05, 0) is 37.1 Å². The molecule has 1 saturated heterocycles. The highest BCUT2D eigenvalue weighted by Crippen LogP contribution is 2.21. The van der Waals surface area contributed by atoms with Crippen LogP contribution in [-0.4, -0.2) is 41.6 Å². The number of fused-ring (bicyclic) bond motifs is 1. The smallest absolute Gasteiger partial charge is 0.191 e. The molecule has 8 heteroatoms. The molecule has 3 aromatic rings. The van der Waals surface area contributed by atoms with Crippen molar-refractivity contribution in [3.8, 4) is 0 Å². The molecule has 1 aliphatic rings. The Kier molecular flexibility index (Phi) is 7.78. The number of hydrogen-bond donors (Lipinski definition) is 2. The van der Waals surface area contributed by atoms with E-state index in [9.17, 15) is 4.39 Å². The summed E-state index contributed by atoms with van der Waals surface area (Å²) in [6.45, 7) is 4.80. The number of aromatic nitrogens is 2. The molecule has 0 radical (unpaired) electrons. The largest absolute Gasteiger partial charge is 0.357 e.